The third-order valence-electron chi connectivity index (χ3n) is 10.2. The van der Waals surface area contributed by atoms with Crippen LogP contribution in [-0.2, 0) is 54.5 Å². The number of anilines is 2. The number of aliphatic carboxylic acids is 5. The number of hydrogen-bond donors (Lipinski definition) is 21. The molecule has 2 aromatic heterocycles. The van der Waals surface area contributed by atoms with E-state index in [1.807, 2.05) is 38.3 Å². The van der Waals surface area contributed by atoms with Crippen molar-refractivity contribution in [2.45, 2.75) is 134 Å². The number of carbonyl (C=O) groups is 11. The number of nitrogens with two attached hydrogens (primary N) is 3. The van der Waals surface area contributed by atoms with Gasteiger partial charge >= 0.3 is 29.8 Å². The SMILES string of the molecule is CC.CC.CC(C)(S)[C@@H](NC(=O)[C@@H](CC(=O)O)NC(=O)C(CC(=O)O)NC(=O)[C@@H](CCCN=C(N)N)NC(=O)C(CC(=O)O)NC(=O)CCC(NC(=O)c1ccc(NCc2cnc3nc(N)[nH]c(=O)c3n2)cc1)C(=O)O)C(=O)O.CO.CO.CO.CO.O.O. The molecule has 3 aromatic rings. The first kappa shape index (κ1) is 90.8. The number of aromatic nitrogens is 4. The molecule has 0 aliphatic carbocycles. The molecule has 0 radical (unpaired) electrons. The van der Waals surface area contributed by atoms with Gasteiger partial charge in [0.15, 0.2) is 17.1 Å². The number of aliphatic hydroxyl groups excluding tert-OH is 4. The lowest BCUT2D eigenvalue weighted by atomic mass is 10.0. The fourth-order valence-electron chi connectivity index (χ4n) is 6.55. The van der Waals surface area contributed by atoms with Gasteiger partial charge in [0.1, 0.15) is 36.3 Å². The minimum absolute atomic E-state index is 0. The Morgan fingerprint density at radius 2 is 1.06 bits per heavy atom. The minimum Gasteiger partial charge on any atom is -0.481 e. The van der Waals surface area contributed by atoms with Crippen molar-refractivity contribution in [2.75, 3.05) is 46.0 Å². The Morgan fingerprint density at radius 3 is 1.48 bits per heavy atom. The van der Waals surface area contributed by atoms with Crippen molar-refractivity contribution in [1.29, 1.82) is 0 Å². The van der Waals surface area contributed by atoms with Gasteiger partial charge in [-0.3, -0.25) is 57.9 Å². The van der Waals surface area contributed by atoms with E-state index in [0.717, 1.165) is 28.4 Å². The van der Waals surface area contributed by atoms with Crippen molar-refractivity contribution in [3.63, 3.8) is 0 Å². The second kappa shape index (κ2) is 49.7. The molecule has 0 aliphatic rings. The summed E-state index contributed by atoms with van der Waals surface area (Å²) in [5, 5.41) is 91.8. The lowest BCUT2D eigenvalue weighted by Gasteiger charge is -2.29. The number of thiol groups is 1. The predicted octanol–water partition coefficient (Wildman–Crippen LogP) is -5.60. The maximum absolute atomic E-state index is 13.7. The normalized spacial score (nSPS) is 11.7. The summed E-state index contributed by atoms with van der Waals surface area (Å²) < 4.78 is -1.43. The molecule has 0 saturated carbocycles. The molecule has 506 valence electrons. The molecule has 89 heavy (non-hydrogen) atoms. The van der Waals surface area contributed by atoms with Crippen molar-refractivity contribution < 1.29 is 110 Å². The summed E-state index contributed by atoms with van der Waals surface area (Å²) in [6, 6.07) is -5.67. The number of aliphatic imine (C=N–C) groups is 1. The summed E-state index contributed by atoms with van der Waals surface area (Å²) in [7, 11) is 4.00. The van der Waals surface area contributed by atoms with E-state index in [1.54, 1.807) is 0 Å². The van der Waals surface area contributed by atoms with E-state index in [-0.39, 0.29) is 59.1 Å². The lowest BCUT2D eigenvalue weighted by Crippen LogP contribution is -2.60. The van der Waals surface area contributed by atoms with Crippen LogP contribution >= 0.6 is 12.6 Å². The second-order valence-electron chi connectivity index (χ2n) is 16.8. The van der Waals surface area contributed by atoms with Crippen LogP contribution in [0.1, 0.15) is 103 Å². The minimum atomic E-state index is -2.11. The monoisotopic (exact) mass is 1300 g/mol. The summed E-state index contributed by atoms with van der Waals surface area (Å²) >= 11 is 4.12. The fraction of sp³-hybridized carbons (Fsp3) is 0.520. The highest BCUT2D eigenvalue weighted by Crippen LogP contribution is 2.19. The number of nitrogens with one attached hydrogen (secondary N) is 8. The highest BCUT2D eigenvalue weighted by molar-refractivity contribution is 7.81. The molecule has 3 unspecified atom stereocenters. The Hall–Kier alpha value is -9.41. The highest BCUT2D eigenvalue weighted by Gasteiger charge is 2.38. The molecule has 38 nitrogen and oxygen atoms in total. The number of amides is 6. The number of carboxylic acids is 5. The van der Waals surface area contributed by atoms with Crippen LogP contribution < -0.4 is 60.0 Å². The molecule has 2 heterocycles. The molecule has 27 N–H and O–H groups in total. The van der Waals surface area contributed by atoms with E-state index >= 15 is 0 Å². The van der Waals surface area contributed by atoms with Gasteiger partial charge in [-0.05, 0) is 57.4 Å². The van der Waals surface area contributed by atoms with Gasteiger partial charge in [0.2, 0.25) is 35.5 Å². The smallest absolute Gasteiger partial charge is 0.327 e. The van der Waals surface area contributed by atoms with Crippen molar-refractivity contribution in [1.82, 2.24) is 51.8 Å². The van der Waals surface area contributed by atoms with E-state index in [1.165, 1.54) is 44.3 Å². The number of carboxylic acid groups (broad SMARTS) is 5. The number of hydrogen-bond acceptors (Lipinski definition) is 23. The summed E-state index contributed by atoms with van der Waals surface area (Å²) in [6.45, 7) is 10.5. The third kappa shape index (κ3) is 36.4. The van der Waals surface area contributed by atoms with Gasteiger partial charge in [0.25, 0.3) is 11.5 Å². The van der Waals surface area contributed by atoms with Crippen LogP contribution in [0.3, 0.4) is 0 Å². The van der Waals surface area contributed by atoms with Crippen LogP contribution in [0.2, 0.25) is 0 Å². The van der Waals surface area contributed by atoms with E-state index in [0.29, 0.717) is 11.4 Å². The van der Waals surface area contributed by atoms with Gasteiger partial charge in [-0.1, -0.05) is 27.7 Å². The standard InChI is InChI=1S/C42H55N15O17S.2C2H6.4CH4O.2H2O/c1-42(2,75)30(39(73)74)55-36(69)24(14-28(63)64)54-35(68)23(13-27(61)62)53-33(66)20(4-3-11-46-40(43)44)51-34(67)22(12-26(59)60)50-25(58)10-9-21(38(71)72)52-32(65)17-5-7-18(8-6-17)47-15-19-16-48-31-29(49-19)37(70)57-41(45)56-31;6*1-2;;/h5-8,16,20-24,30,47,75H,3-4,9-15H2,1-2H3,(H,50,58)(H,51,67)(H,52,65)(H,53,66)(H,54,68)(H,55,69)(H,59,60)(H,61,62)(H,63,64)(H,71,72)(H,73,74)(H4,43,44,46)(H3,45,48,56,57,70);2*1-2H3;4*2H,1H3;2*1H2/t20-,21?,22?,23?,24-,30+;;;;;;;;/m1......../s1. The molecule has 0 aliphatic heterocycles. The maximum Gasteiger partial charge on any atom is 0.327 e. The van der Waals surface area contributed by atoms with E-state index in [9.17, 15) is 83.1 Å². The first-order valence-corrected chi connectivity index (χ1v) is 26.3. The zero-order valence-corrected chi connectivity index (χ0v) is 51.5. The molecule has 6 atom stereocenters. The van der Waals surface area contributed by atoms with Gasteiger partial charge in [0, 0.05) is 57.4 Å². The predicted molar refractivity (Wildman–Crippen MR) is 324 cm³/mol. The molecule has 0 bridgehead atoms. The number of H-pyrrole nitrogens is 1. The number of fused-ring (bicyclic) bond motifs is 1. The first-order valence-electron chi connectivity index (χ1n) is 25.9. The molecular formula is C50H87N15O23S. The lowest BCUT2D eigenvalue weighted by molar-refractivity contribution is -0.145. The molecule has 39 heteroatoms. The Kier molecular flexibility index (Phi) is 50.7. The zero-order valence-electron chi connectivity index (χ0n) is 50.6. The number of nitrogens with zero attached hydrogens (tertiary/aromatic N) is 4. The Morgan fingerprint density at radius 1 is 0.618 bits per heavy atom. The second-order valence-corrected chi connectivity index (χ2v) is 18.0. The van der Waals surface area contributed by atoms with E-state index < -0.39 is 150 Å². The summed E-state index contributed by atoms with van der Waals surface area (Å²) in [5.41, 5.74) is 16.5. The van der Waals surface area contributed by atoms with Crippen molar-refractivity contribution in [2.24, 2.45) is 16.5 Å². The zero-order chi connectivity index (χ0) is 68.3. The fourth-order valence-corrected chi connectivity index (χ4v) is 6.73. The number of aliphatic hydroxyl groups is 4. The Balaban J connectivity index is -0.00000116. The number of rotatable bonds is 30. The van der Waals surface area contributed by atoms with Crippen LogP contribution in [0.25, 0.3) is 11.2 Å². The van der Waals surface area contributed by atoms with Gasteiger partial charge in [0.05, 0.1) is 37.7 Å². The van der Waals surface area contributed by atoms with E-state index in [4.69, 9.17) is 37.6 Å². The topological polar surface area (TPSA) is 679 Å². The summed E-state index contributed by atoms with van der Waals surface area (Å²) in [4.78, 5) is 170. The Labute approximate surface area is 515 Å². The Bertz CT molecular complexity index is 2770. The number of guanidine groups is 1. The summed E-state index contributed by atoms with van der Waals surface area (Å²) in [5.74, 6) is -16.1. The highest BCUT2D eigenvalue weighted by atomic mass is 32.1. The van der Waals surface area contributed by atoms with Gasteiger partial charge < -0.3 is 111 Å². The maximum atomic E-state index is 13.7. The van der Waals surface area contributed by atoms with Crippen molar-refractivity contribution in [3.8, 4) is 0 Å². The average molecular weight is 1300 g/mol. The van der Waals surface area contributed by atoms with Crippen molar-refractivity contribution >= 4 is 107 Å². The van der Waals surface area contributed by atoms with Crippen LogP contribution in [-0.4, -0.2) is 224 Å². The molecule has 3 rings (SSSR count). The van der Waals surface area contributed by atoms with Crippen LogP contribution in [0.4, 0.5) is 11.6 Å². The largest absolute Gasteiger partial charge is 0.481 e. The van der Waals surface area contributed by atoms with Gasteiger partial charge in [-0.25, -0.2) is 19.6 Å². The number of benzene rings is 1. The molecule has 0 spiro atoms. The number of carbonyl (C=O) groups excluding carboxylic acids is 6. The number of nitrogen functional groups attached to an aromatic ring is 1. The van der Waals surface area contributed by atoms with Gasteiger partial charge in [-0.2, -0.15) is 17.6 Å². The molecule has 0 fully saturated rings. The van der Waals surface area contributed by atoms with Crippen LogP contribution in [0.15, 0.2) is 40.2 Å². The quantitative estimate of drug-likeness (QED) is 0.0128. The van der Waals surface area contributed by atoms with Crippen LogP contribution in [0.5, 0.6) is 0 Å². The molecular weight excluding hydrogens is 1210 g/mol. The van der Waals surface area contributed by atoms with Crippen molar-refractivity contribution in [3.05, 3.63) is 52.1 Å². The van der Waals surface area contributed by atoms with Gasteiger partial charge in [-0.15, -0.1) is 0 Å². The summed E-state index contributed by atoms with van der Waals surface area (Å²) in [6.07, 6.45) is -3.92. The third-order valence-corrected chi connectivity index (χ3v) is 10.5. The molecule has 1 aromatic carbocycles. The average Bonchev–Trinajstić information content (AvgIpc) is 1.95. The number of aromatic amines is 1. The molecule has 6 amide bonds. The van der Waals surface area contributed by atoms with E-state index in [2.05, 4.69) is 64.1 Å². The molecule has 0 saturated heterocycles. The first-order chi connectivity index (χ1) is 41.0. The van der Waals surface area contributed by atoms with Crippen LogP contribution in [0, 0.1) is 0 Å².